The molecule has 0 aromatic heterocycles. The lowest BCUT2D eigenvalue weighted by atomic mass is 10.0. The lowest BCUT2D eigenvalue weighted by Gasteiger charge is -2.40. The fourth-order valence-electron chi connectivity index (χ4n) is 2.14. The van der Waals surface area contributed by atoms with Crippen molar-refractivity contribution in [2.45, 2.75) is 46.6 Å². The first-order chi connectivity index (χ1) is 8.50. The standard InChI is InChI=1S/C15H27N3/c1-6-8-9-16-14(13(3)7-2)18-11-10-17-15(4,5)12-18/h6,8-9,17H,7,10-12H2,1-5H3/b8-6-,14-13-,16-9-. The molecule has 0 aromatic rings. The fourth-order valence-corrected chi connectivity index (χ4v) is 2.14. The van der Waals surface area contributed by atoms with Crippen molar-refractivity contribution in [3.63, 3.8) is 0 Å². The summed E-state index contributed by atoms with van der Waals surface area (Å²) in [4.78, 5) is 7.04. The summed E-state index contributed by atoms with van der Waals surface area (Å²) in [5.41, 5.74) is 1.52. The maximum absolute atomic E-state index is 4.64. The third-order valence-corrected chi connectivity index (χ3v) is 3.26. The van der Waals surface area contributed by atoms with Gasteiger partial charge in [-0.2, -0.15) is 0 Å². The molecule has 0 unspecified atom stereocenters. The molecule has 3 nitrogen and oxygen atoms in total. The van der Waals surface area contributed by atoms with Crippen molar-refractivity contribution >= 4 is 6.21 Å². The molecule has 1 aliphatic heterocycles. The Balaban J connectivity index is 2.90. The van der Waals surface area contributed by atoms with Crippen LogP contribution in [0.4, 0.5) is 0 Å². The van der Waals surface area contributed by atoms with Crippen LogP contribution in [0.15, 0.2) is 28.5 Å². The van der Waals surface area contributed by atoms with Gasteiger partial charge in [0.2, 0.25) is 0 Å². The van der Waals surface area contributed by atoms with Crippen molar-refractivity contribution < 1.29 is 0 Å². The molecule has 0 radical (unpaired) electrons. The summed E-state index contributed by atoms with van der Waals surface area (Å²) in [6, 6.07) is 0. The van der Waals surface area contributed by atoms with E-state index in [9.17, 15) is 0 Å². The first kappa shape index (κ1) is 15.0. The first-order valence-electron chi connectivity index (χ1n) is 6.85. The Morgan fingerprint density at radius 2 is 2.17 bits per heavy atom. The van der Waals surface area contributed by atoms with Crippen molar-refractivity contribution in [2.75, 3.05) is 19.6 Å². The normalized spacial score (nSPS) is 21.7. The minimum Gasteiger partial charge on any atom is -0.354 e. The van der Waals surface area contributed by atoms with E-state index in [-0.39, 0.29) is 5.54 Å². The van der Waals surface area contributed by atoms with Crippen molar-refractivity contribution in [3.8, 4) is 0 Å². The predicted molar refractivity (Wildman–Crippen MR) is 80.0 cm³/mol. The van der Waals surface area contributed by atoms with Crippen molar-refractivity contribution in [2.24, 2.45) is 4.99 Å². The molecule has 1 saturated heterocycles. The molecular weight excluding hydrogens is 222 g/mol. The van der Waals surface area contributed by atoms with Gasteiger partial charge in [-0.1, -0.05) is 13.0 Å². The van der Waals surface area contributed by atoms with Gasteiger partial charge in [0.25, 0.3) is 0 Å². The molecule has 1 rings (SSSR count). The number of nitrogens with one attached hydrogen (secondary N) is 1. The van der Waals surface area contributed by atoms with Crippen molar-refractivity contribution in [1.29, 1.82) is 0 Å². The predicted octanol–water partition coefficient (Wildman–Crippen LogP) is 2.96. The Labute approximate surface area is 112 Å². The van der Waals surface area contributed by atoms with Crippen LogP contribution in [0.5, 0.6) is 0 Å². The largest absolute Gasteiger partial charge is 0.354 e. The molecule has 0 spiro atoms. The van der Waals surface area contributed by atoms with E-state index in [4.69, 9.17) is 0 Å². The van der Waals surface area contributed by atoms with E-state index in [0.717, 1.165) is 31.9 Å². The molecule has 0 bridgehead atoms. The number of piperazine rings is 1. The van der Waals surface area contributed by atoms with Crippen molar-refractivity contribution in [3.05, 3.63) is 23.5 Å². The lowest BCUT2D eigenvalue weighted by Crippen LogP contribution is -2.56. The van der Waals surface area contributed by atoms with Gasteiger partial charge in [-0.3, -0.25) is 0 Å². The van der Waals surface area contributed by atoms with Gasteiger partial charge in [0.1, 0.15) is 5.82 Å². The molecule has 1 heterocycles. The zero-order chi connectivity index (χ0) is 13.6. The molecule has 0 atom stereocenters. The summed E-state index contributed by atoms with van der Waals surface area (Å²) in [6.45, 7) is 13.9. The van der Waals surface area contributed by atoms with E-state index in [1.165, 1.54) is 5.57 Å². The molecule has 0 aliphatic carbocycles. The van der Waals surface area contributed by atoms with Gasteiger partial charge in [0.05, 0.1) is 0 Å². The second-order valence-corrected chi connectivity index (χ2v) is 5.49. The van der Waals surface area contributed by atoms with Crippen molar-refractivity contribution in [1.82, 2.24) is 10.2 Å². The maximum Gasteiger partial charge on any atom is 0.127 e. The quantitative estimate of drug-likeness (QED) is 0.776. The minimum atomic E-state index is 0.160. The highest BCUT2D eigenvalue weighted by molar-refractivity contribution is 5.72. The van der Waals surface area contributed by atoms with Crippen LogP contribution in [0, 0.1) is 0 Å². The lowest BCUT2D eigenvalue weighted by molar-refractivity contribution is 0.188. The van der Waals surface area contributed by atoms with Gasteiger partial charge < -0.3 is 10.2 Å². The van der Waals surface area contributed by atoms with Crippen LogP contribution in [-0.4, -0.2) is 36.3 Å². The van der Waals surface area contributed by atoms with Gasteiger partial charge >= 0.3 is 0 Å². The topological polar surface area (TPSA) is 27.6 Å². The third-order valence-electron chi connectivity index (χ3n) is 3.26. The SMILES string of the molecule is C\C=C/C=N\C(=C(/C)CC)N1CCNC(C)(C)C1. The Morgan fingerprint density at radius 1 is 1.44 bits per heavy atom. The molecule has 1 N–H and O–H groups in total. The summed E-state index contributed by atoms with van der Waals surface area (Å²) in [5.74, 6) is 1.14. The van der Waals surface area contributed by atoms with Gasteiger partial charge in [-0.25, -0.2) is 4.99 Å². The van der Waals surface area contributed by atoms with Crippen LogP contribution in [-0.2, 0) is 0 Å². The van der Waals surface area contributed by atoms with Gasteiger partial charge in [-0.05, 0) is 45.8 Å². The second-order valence-electron chi connectivity index (χ2n) is 5.49. The molecule has 102 valence electrons. The fraction of sp³-hybridized carbons (Fsp3) is 0.667. The average molecular weight is 249 g/mol. The Morgan fingerprint density at radius 3 is 2.72 bits per heavy atom. The zero-order valence-corrected chi connectivity index (χ0v) is 12.5. The van der Waals surface area contributed by atoms with Crippen LogP contribution in [0.1, 0.15) is 41.0 Å². The molecule has 0 aromatic carbocycles. The summed E-state index contributed by atoms with van der Waals surface area (Å²) in [7, 11) is 0. The first-order valence-corrected chi connectivity index (χ1v) is 6.85. The molecule has 1 aliphatic rings. The summed E-state index contributed by atoms with van der Waals surface area (Å²) >= 11 is 0. The van der Waals surface area contributed by atoms with Crippen LogP contribution in [0.25, 0.3) is 0 Å². The molecular formula is C15H27N3. The number of hydrogen-bond acceptors (Lipinski definition) is 3. The van der Waals surface area contributed by atoms with Gasteiger partial charge in [-0.15, -0.1) is 0 Å². The Hall–Kier alpha value is -1.09. The monoisotopic (exact) mass is 249 g/mol. The molecule has 3 heteroatoms. The molecule has 0 amide bonds. The van der Waals surface area contributed by atoms with E-state index >= 15 is 0 Å². The number of nitrogens with zero attached hydrogens (tertiary/aromatic N) is 2. The van der Waals surface area contributed by atoms with E-state index < -0.39 is 0 Å². The minimum absolute atomic E-state index is 0.160. The van der Waals surface area contributed by atoms with Gasteiger partial charge in [0.15, 0.2) is 0 Å². The maximum atomic E-state index is 4.64. The summed E-state index contributed by atoms with van der Waals surface area (Å²) in [5, 5.41) is 3.54. The second kappa shape index (κ2) is 6.74. The van der Waals surface area contributed by atoms with Crippen LogP contribution < -0.4 is 5.32 Å². The van der Waals surface area contributed by atoms with Crippen LogP contribution >= 0.6 is 0 Å². The average Bonchev–Trinajstić information content (AvgIpc) is 2.32. The molecule has 18 heavy (non-hydrogen) atoms. The third kappa shape index (κ3) is 4.30. The highest BCUT2D eigenvalue weighted by Crippen LogP contribution is 2.20. The van der Waals surface area contributed by atoms with Gasteiger partial charge in [0, 0.05) is 31.4 Å². The number of hydrogen-bond donors (Lipinski definition) is 1. The van der Waals surface area contributed by atoms with E-state index in [2.05, 4.69) is 42.9 Å². The number of aliphatic imine (C=N–C) groups is 1. The Bertz CT molecular complexity index is 351. The Kier molecular flexibility index (Phi) is 5.60. The van der Waals surface area contributed by atoms with Crippen LogP contribution in [0.2, 0.25) is 0 Å². The smallest absolute Gasteiger partial charge is 0.127 e. The van der Waals surface area contributed by atoms with E-state index in [1.54, 1.807) is 0 Å². The number of allylic oxidation sites excluding steroid dienone is 3. The summed E-state index contributed by atoms with van der Waals surface area (Å²) in [6.07, 6.45) is 6.93. The van der Waals surface area contributed by atoms with E-state index in [0.29, 0.717) is 0 Å². The molecule has 0 saturated carbocycles. The van der Waals surface area contributed by atoms with E-state index in [1.807, 2.05) is 25.3 Å². The number of rotatable bonds is 4. The highest BCUT2D eigenvalue weighted by atomic mass is 15.3. The molecule has 1 fully saturated rings. The van der Waals surface area contributed by atoms with Crippen LogP contribution in [0.3, 0.4) is 0 Å². The highest BCUT2D eigenvalue weighted by Gasteiger charge is 2.27. The zero-order valence-electron chi connectivity index (χ0n) is 12.5. The summed E-state index contributed by atoms with van der Waals surface area (Å²) < 4.78 is 0.